The number of hydrogen-bond donors (Lipinski definition) is 2. The SMILES string of the molecule is Cc1nsc(Nc2cccc(Br)c2)c1C(=O)O. The summed E-state index contributed by atoms with van der Waals surface area (Å²) in [6, 6.07) is 7.52. The number of carboxylic acid groups (broad SMARTS) is 1. The van der Waals surface area contributed by atoms with Crippen molar-refractivity contribution >= 4 is 44.1 Å². The lowest BCUT2D eigenvalue weighted by Crippen LogP contribution is -2.01. The monoisotopic (exact) mass is 312 g/mol. The third-order valence-corrected chi connectivity index (χ3v) is 3.51. The van der Waals surface area contributed by atoms with Gasteiger partial charge in [-0.3, -0.25) is 0 Å². The molecule has 0 spiro atoms. The molecule has 0 bridgehead atoms. The summed E-state index contributed by atoms with van der Waals surface area (Å²) >= 11 is 4.51. The number of carbonyl (C=O) groups is 1. The van der Waals surface area contributed by atoms with Crippen molar-refractivity contribution in [3.63, 3.8) is 0 Å². The first-order valence-corrected chi connectivity index (χ1v) is 6.36. The van der Waals surface area contributed by atoms with Crippen molar-refractivity contribution in [2.75, 3.05) is 5.32 Å². The van der Waals surface area contributed by atoms with Gasteiger partial charge in [-0.15, -0.1) is 0 Å². The van der Waals surface area contributed by atoms with Gasteiger partial charge >= 0.3 is 5.97 Å². The highest BCUT2D eigenvalue weighted by Crippen LogP contribution is 2.28. The molecule has 0 aliphatic rings. The van der Waals surface area contributed by atoms with E-state index in [2.05, 4.69) is 25.6 Å². The first-order chi connectivity index (χ1) is 8.08. The largest absolute Gasteiger partial charge is 0.478 e. The maximum Gasteiger partial charge on any atom is 0.340 e. The lowest BCUT2D eigenvalue weighted by molar-refractivity contribution is 0.0697. The fraction of sp³-hybridized carbons (Fsp3) is 0.0909. The third-order valence-electron chi connectivity index (χ3n) is 2.16. The first kappa shape index (κ1) is 12.1. The Hall–Kier alpha value is -1.40. The lowest BCUT2D eigenvalue weighted by atomic mass is 10.2. The van der Waals surface area contributed by atoms with Crippen molar-refractivity contribution in [3.05, 3.63) is 40.0 Å². The number of aryl methyl sites for hydroxylation is 1. The van der Waals surface area contributed by atoms with Gasteiger partial charge < -0.3 is 10.4 Å². The second-order valence-corrected chi connectivity index (χ2v) is 5.10. The van der Waals surface area contributed by atoms with E-state index in [1.54, 1.807) is 6.92 Å². The van der Waals surface area contributed by atoms with Gasteiger partial charge in [0.15, 0.2) is 0 Å². The third kappa shape index (κ3) is 2.65. The Morgan fingerprint density at radius 3 is 2.94 bits per heavy atom. The normalized spacial score (nSPS) is 10.2. The first-order valence-electron chi connectivity index (χ1n) is 4.80. The maximum atomic E-state index is 11.1. The summed E-state index contributed by atoms with van der Waals surface area (Å²) in [5.74, 6) is -0.964. The molecule has 0 saturated carbocycles. The van der Waals surface area contributed by atoms with Crippen molar-refractivity contribution in [1.82, 2.24) is 4.37 Å². The van der Waals surface area contributed by atoms with Crippen LogP contribution in [0, 0.1) is 6.92 Å². The number of rotatable bonds is 3. The zero-order valence-electron chi connectivity index (χ0n) is 8.90. The highest BCUT2D eigenvalue weighted by Gasteiger charge is 2.17. The summed E-state index contributed by atoms with van der Waals surface area (Å²) in [4.78, 5) is 11.1. The predicted molar refractivity (Wildman–Crippen MR) is 71.2 cm³/mol. The van der Waals surface area contributed by atoms with Crippen molar-refractivity contribution in [2.24, 2.45) is 0 Å². The summed E-state index contributed by atoms with van der Waals surface area (Å²) < 4.78 is 4.97. The Bertz CT molecular complexity index is 568. The average molecular weight is 313 g/mol. The number of aromatic nitrogens is 1. The van der Waals surface area contributed by atoms with Crippen LogP contribution in [0.15, 0.2) is 28.7 Å². The second-order valence-electron chi connectivity index (χ2n) is 3.41. The quantitative estimate of drug-likeness (QED) is 0.908. The van der Waals surface area contributed by atoms with Gasteiger partial charge in [0.25, 0.3) is 0 Å². The number of hydrogen-bond acceptors (Lipinski definition) is 4. The number of halogens is 1. The molecule has 0 unspecified atom stereocenters. The van der Waals surface area contributed by atoms with Crippen molar-refractivity contribution < 1.29 is 9.90 Å². The van der Waals surface area contributed by atoms with E-state index < -0.39 is 5.97 Å². The molecular weight excluding hydrogens is 304 g/mol. The van der Waals surface area contributed by atoms with Crippen LogP contribution in [0.4, 0.5) is 10.7 Å². The fourth-order valence-electron chi connectivity index (χ4n) is 1.40. The van der Waals surface area contributed by atoms with Crippen LogP contribution in [0.1, 0.15) is 16.1 Å². The van der Waals surface area contributed by atoms with Crippen molar-refractivity contribution in [2.45, 2.75) is 6.92 Å². The average Bonchev–Trinajstić information content (AvgIpc) is 2.59. The molecule has 0 aliphatic carbocycles. The smallest absolute Gasteiger partial charge is 0.340 e. The van der Waals surface area contributed by atoms with E-state index in [0.717, 1.165) is 21.7 Å². The summed E-state index contributed by atoms with van der Waals surface area (Å²) in [7, 11) is 0. The number of nitrogens with one attached hydrogen (secondary N) is 1. The van der Waals surface area contributed by atoms with E-state index in [0.29, 0.717) is 10.7 Å². The summed E-state index contributed by atoms with van der Waals surface area (Å²) in [6.07, 6.45) is 0. The zero-order chi connectivity index (χ0) is 12.4. The molecule has 1 aromatic carbocycles. The van der Waals surface area contributed by atoms with Gasteiger partial charge in [-0.2, -0.15) is 4.37 Å². The lowest BCUT2D eigenvalue weighted by Gasteiger charge is -2.04. The van der Waals surface area contributed by atoms with Crippen LogP contribution in [0.5, 0.6) is 0 Å². The molecule has 88 valence electrons. The molecule has 0 aliphatic heterocycles. The molecule has 2 aromatic rings. The molecular formula is C11H9BrN2O2S. The van der Waals surface area contributed by atoms with E-state index >= 15 is 0 Å². The zero-order valence-corrected chi connectivity index (χ0v) is 11.3. The Kier molecular flexibility index (Phi) is 3.44. The topological polar surface area (TPSA) is 62.2 Å². The number of anilines is 2. The molecule has 6 heteroatoms. The Balaban J connectivity index is 2.33. The molecule has 17 heavy (non-hydrogen) atoms. The van der Waals surface area contributed by atoms with Crippen LogP contribution in [0.2, 0.25) is 0 Å². The highest BCUT2D eigenvalue weighted by atomic mass is 79.9. The molecule has 2 N–H and O–H groups in total. The van der Waals surface area contributed by atoms with Gasteiger partial charge in [-0.05, 0) is 36.7 Å². The second kappa shape index (κ2) is 4.85. The number of benzene rings is 1. The van der Waals surface area contributed by atoms with Crippen LogP contribution < -0.4 is 5.32 Å². The minimum absolute atomic E-state index is 0.231. The molecule has 2 rings (SSSR count). The van der Waals surface area contributed by atoms with Crippen LogP contribution in [0.25, 0.3) is 0 Å². The van der Waals surface area contributed by atoms with Crippen LogP contribution in [-0.4, -0.2) is 15.4 Å². The molecule has 0 fully saturated rings. The van der Waals surface area contributed by atoms with Gasteiger partial charge in [0, 0.05) is 10.2 Å². The van der Waals surface area contributed by atoms with E-state index in [4.69, 9.17) is 5.11 Å². The molecule has 4 nitrogen and oxygen atoms in total. The van der Waals surface area contributed by atoms with E-state index in [9.17, 15) is 4.79 Å². The van der Waals surface area contributed by atoms with E-state index in [1.807, 2.05) is 24.3 Å². The molecule has 1 aromatic heterocycles. The number of carboxylic acids is 1. The molecule has 0 amide bonds. The molecule has 0 atom stereocenters. The van der Waals surface area contributed by atoms with E-state index in [1.165, 1.54) is 0 Å². The summed E-state index contributed by atoms with van der Waals surface area (Å²) in [5.41, 5.74) is 1.58. The Labute approximate surface area is 111 Å². The number of aromatic carboxylic acids is 1. The predicted octanol–water partition coefficient (Wildman–Crippen LogP) is 3.66. The summed E-state index contributed by atoms with van der Waals surface area (Å²) in [5, 5.41) is 12.7. The van der Waals surface area contributed by atoms with Gasteiger partial charge in [0.05, 0.1) is 5.69 Å². The minimum atomic E-state index is -0.964. The van der Waals surface area contributed by atoms with E-state index in [-0.39, 0.29) is 5.56 Å². The van der Waals surface area contributed by atoms with Crippen molar-refractivity contribution in [3.8, 4) is 0 Å². The Morgan fingerprint density at radius 2 is 2.29 bits per heavy atom. The highest BCUT2D eigenvalue weighted by molar-refractivity contribution is 9.10. The maximum absolute atomic E-state index is 11.1. The minimum Gasteiger partial charge on any atom is -0.478 e. The molecule has 0 radical (unpaired) electrons. The number of nitrogens with zero attached hydrogens (tertiary/aromatic N) is 1. The van der Waals surface area contributed by atoms with Crippen molar-refractivity contribution in [1.29, 1.82) is 0 Å². The Morgan fingerprint density at radius 1 is 1.53 bits per heavy atom. The van der Waals surface area contributed by atoms with Gasteiger partial charge in [-0.1, -0.05) is 22.0 Å². The van der Waals surface area contributed by atoms with Crippen LogP contribution in [-0.2, 0) is 0 Å². The van der Waals surface area contributed by atoms with Gasteiger partial charge in [0.1, 0.15) is 10.6 Å². The molecule has 1 heterocycles. The summed E-state index contributed by atoms with van der Waals surface area (Å²) in [6.45, 7) is 1.69. The standard InChI is InChI=1S/C11H9BrN2O2S/c1-6-9(11(15)16)10(17-14-6)13-8-4-2-3-7(12)5-8/h2-5,13H,1H3,(H,15,16). The fourth-order valence-corrected chi connectivity index (χ4v) is 2.61. The van der Waals surface area contributed by atoms with Gasteiger partial charge in [0.2, 0.25) is 0 Å². The molecule has 0 saturated heterocycles. The van der Waals surface area contributed by atoms with Gasteiger partial charge in [-0.25, -0.2) is 4.79 Å². The van der Waals surface area contributed by atoms with Crippen LogP contribution >= 0.6 is 27.5 Å². The van der Waals surface area contributed by atoms with Crippen LogP contribution in [0.3, 0.4) is 0 Å².